The van der Waals surface area contributed by atoms with Gasteiger partial charge < -0.3 is 4.74 Å². The van der Waals surface area contributed by atoms with E-state index in [-0.39, 0.29) is 22.6 Å². The van der Waals surface area contributed by atoms with Gasteiger partial charge in [-0.1, -0.05) is 18.2 Å². The predicted octanol–water partition coefficient (Wildman–Crippen LogP) is 6.60. The van der Waals surface area contributed by atoms with Crippen molar-refractivity contribution in [2.45, 2.75) is 83.5 Å². The first-order valence-corrected chi connectivity index (χ1v) is 13.8. The Morgan fingerprint density at radius 1 is 0.727 bits per heavy atom. The van der Waals surface area contributed by atoms with Gasteiger partial charge >= 0.3 is 5.97 Å². The number of hydrogen-bond acceptors (Lipinski definition) is 3. The average Bonchev–Trinajstić information content (AvgIpc) is 2.72. The Labute approximate surface area is 198 Å². The molecule has 8 aliphatic carbocycles. The van der Waals surface area contributed by atoms with Crippen molar-refractivity contribution in [3.8, 4) is 5.75 Å². The molecule has 176 valence electrons. The van der Waals surface area contributed by atoms with Crippen molar-refractivity contribution in [1.29, 1.82) is 0 Å². The highest BCUT2D eigenvalue weighted by atomic mass is 16.5. The van der Waals surface area contributed by atoms with Crippen LogP contribution in [0.5, 0.6) is 5.75 Å². The van der Waals surface area contributed by atoms with Gasteiger partial charge in [0.1, 0.15) is 17.5 Å². The largest absolute Gasteiger partial charge is 0.426 e. The molecule has 1 atom stereocenters. The number of para-hydroxylation sites is 1. The molecule has 1 unspecified atom stereocenters. The van der Waals surface area contributed by atoms with E-state index in [1.54, 1.807) is 0 Å². The molecule has 0 amide bonds. The third-order valence-electron chi connectivity index (χ3n) is 10.9. The molecule has 0 heterocycles. The zero-order chi connectivity index (χ0) is 22.2. The summed E-state index contributed by atoms with van der Waals surface area (Å²) in [5.74, 6) is 4.66. The van der Waals surface area contributed by atoms with Crippen LogP contribution in [-0.4, -0.2) is 11.8 Å². The molecule has 8 saturated carbocycles. The average molecular weight is 447 g/mol. The monoisotopic (exact) mass is 446 g/mol. The smallest absolute Gasteiger partial charge is 0.322 e. The number of rotatable bonds is 6. The molecule has 1 aromatic rings. The molecule has 0 aliphatic heterocycles. The second kappa shape index (κ2) is 7.43. The van der Waals surface area contributed by atoms with Crippen LogP contribution in [0.4, 0.5) is 0 Å². The quantitative estimate of drug-likeness (QED) is 0.281. The van der Waals surface area contributed by atoms with Gasteiger partial charge in [0.2, 0.25) is 0 Å². The van der Waals surface area contributed by atoms with E-state index in [1.165, 1.54) is 57.8 Å². The lowest BCUT2D eigenvalue weighted by atomic mass is 9.44. The number of carbonyl (C=O) groups is 2. The Morgan fingerprint density at radius 2 is 1.18 bits per heavy atom. The van der Waals surface area contributed by atoms with Crippen molar-refractivity contribution in [2.75, 3.05) is 0 Å². The minimum atomic E-state index is -0.556. The molecule has 0 aromatic heterocycles. The Hall–Kier alpha value is -1.64. The molecule has 3 nitrogen and oxygen atoms in total. The second-order valence-electron chi connectivity index (χ2n) is 13.5. The van der Waals surface area contributed by atoms with Crippen LogP contribution >= 0.6 is 0 Å². The minimum absolute atomic E-state index is 0.139. The van der Waals surface area contributed by atoms with Gasteiger partial charge in [-0.05, 0) is 136 Å². The van der Waals surface area contributed by atoms with Gasteiger partial charge in [0.15, 0.2) is 0 Å². The Kier molecular flexibility index (Phi) is 4.66. The fourth-order valence-electron chi connectivity index (χ4n) is 10.9. The number of carbonyl (C=O) groups excluding carboxylic acids is 2. The molecule has 0 spiro atoms. The number of ketones is 1. The summed E-state index contributed by atoms with van der Waals surface area (Å²) in [6, 6.07) is 9.43. The topological polar surface area (TPSA) is 43.4 Å². The first-order chi connectivity index (χ1) is 16.0. The fraction of sp³-hybridized carbons (Fsp3) is 0.733. The van der Waals surface area contributed by atoms with Gasteiger partial charge in [0, 0.05) is 6.42 Å². The predicted molar refractivity (Wildman–Crippen MR) is 126 cm³/mol. The summed E-state index contributed by atoms with van der Waals surface area (Å²) in [6.07, 6.45) is 15.7. The Balaban J connectivity index is 1.20. The van der Waals surface area contributed by atoms with E-state index in [4.69, 9.17) is 4.74 Å². The second-order valence-corrected chi connectivity index (χ2v) is 13.5. The summed E-state index contributed by atoms with van der Waals surface area (Å²) in [5, 5.41) is 0. The summed E-state index contributed by atoms with van der Waals surface area (Å²) >= 11 is 0. The highest BCUT2D eigenvalue weighted by Gasteiger charge is 2.60. The van der Waals surface area contributed by atoms with Crippen molar-refractivity contribution in [3.05, 3.63) is 30.3 Å². The van der Waals surface area contributed by atoms with Gasteiger partial charge in [-0.25, -0.2) is 0 Å². The van der Waals surface area contributed by atoms with E-state index >= 15 is 0 Å². The molecule has 0 N–H and O–H groups in total. The minimum Gasteiger partial charge on any atom is -0.426 e. The van der Waals surface area contributed by atoms with Crippen molar-refractivity contribution in [1.82, 2.24) is 0 Å². The van der Waals surface area contributed by atoms with E-state index in [9.17, 15) is 9.59 Å². The number of esters is 1. The van der Waals surface area contributed by atoms with E-state index in [0.29, 0.717) is 12.2 Å². The lowest BCUT2D eigenvalue weighted by Gasteiger charge is -2.59. The maximum Gasteiger partial charge on any atom is 0.322 e. The van der Waals surface area contributed by atoms with Crippen molar-refractivity contribution in [3.63, 3.8) is 0 Å². The van der Waals surface area contributed by atoms with Crippen LogP contribution in [0.25, 0.3) is 0 Å². The lowest BCUT2D eigenvalue weighted by molar-refractivity contribution is -0.164. The summed E-state index contributed by atoms with van der Waals surface area (Å²) in [7, 11) is 0. The van der Waals surface area contributed by atoms with E-state index < -0.39 is 5.92 Å². The number of hydrogen-bond donors (Lipinski definition) is 0. The maximum absolute atomic E-state index is 14.3. The summed E-state index contributed by atoms with van der Waals surface area (Å²) in [4.78, 5) is 28.1. The van der Waals surface area contributed by atoms with E-state index in [2.05, 4.69) is 0 Å². The third-order valence-corrected chi connectivity index (χ3v) is 10.9. The maximum atomic E-state index is 14.3. The summed E-state index contributed by atoms with van der Waals surface area (Å²) in [6.45, 7) is 0. The zero-order valence-electron chi connectivity index (χ0n) is 19.8. The third kappa shape index (κ3) is 3.51. The molecule has 0 radical (unpaired) electrons. The summed E-state index contributed by atoms with van der Waals surface area (Å²) in [5.41, 5.74) is 0.0411. The number of Topliss-reactive ketones (excluding diaryl/α,β-unsaturated/α-hetero) is 1. The van der Waals surface area contributed by atoms with Gasteiger partial charge in [-0.15, -0.1) is 0 Å². The molecular formula is C30H38O3. The number of ether oxygens (including phenoxy) is 1. The van der Waals surface area contributed by atoms with Gasteiger partial charge in [0.05, 0.1) is 0 Å². The van der Waals surface area contributed by atoms with Crippen molar-refractivity contribution in [2.24, 2.45) is 52.3 Å². The molecule has 8 bridgehead atoms. The first kappa shape index (κ1) is 20.7. The molecule has 8 aliphatic rings. The Morgan fingerprint density at radius 3 is 1.67 bits per heavy atom. The van der Waals surface area contributed by atoms with Gasteiger partial charge in [-0.2, -0.15) is 0 Å². The highest BCUT2D eigenvalue weighted by molar-refractivity contribution is 6.01. The molecule has 3 heteroatoms. The van der Waals surface area contributed by atoms with Crippen molar-refractivity contribution >= 4 is 11.8 Å². The normalized spacial score (nSPS) is 45.2. The standard InChI is InChI=1S/C30H38O3/c31-26(18-29-12-19-6-20(13-29)8-21(7-19)14-29)27(28(32)33-25-4-2-1-3-5-25)30-15-22-9-23(16-30)11-24(10-22)17-30/h1-5,19-24,27H,6-18H2. The molecule has 9 rings (SSSR count). The molecule has 1 aromatic carbocycles. The van der Waals surface area contributed by atoms with Crippen LogP contribution in [0.1, 0.15) is 83.5 Å². The molecule has 0 saturated heterocycles. The SMILES string of the molecule is O=C(CC12CC3CC(CC(C3)C1)C2)C(C(=O)Oc1ccccc1)C12CC3CC(CC(C3)C1)C2. The van der Waals surface area contributed by atoms with Crippen LogP contribution in [-0.2, 0) is 9.59 Å². The Bertz CT molecular complexity index is 876. The zero-order valence-corrected chi connectivity index (χ0v) is 19.8. The van der Waals surface area contributed by atoms with Crippen LogP contribution in [0.3, 0.4) is 0 Å². The summed E-state index contributed by atoms with van der Waals surface area (Å²) < 4.78 is 5.95. The van der Waals surface area contributed by atoms with Crippen molar-refractivity contribution < 1.29 is 14.3 Å². The van der Waals surface area contributed by atoms with E-state index in [0.717, 1.165) is 54.8 Å². The molecular weight excluding hydrogens is 408 g/mol. The van der Waals surface area contributed by atoms with Crippen LogP contribution in [0.15, 0.2) is 30.3 Å². The lowest BCUT2D eigenvalue weighted by Crippen LogP contribution is -2.55. The first-order valence-electron chi connectivity index (χ1n) is 13.8. The number of benzene rings is 1. The molecule has 8 fully saturated rings. The van der Waals surface area contributed by atoms with Crippen LogP contribution in [0.2, 0.25) is 0 Å². The molecule has 33 heavy (non-hydrogen) atoms. The van der Waals surface area contributed by atoms with Gasteiger partial charge in [-0.3, -0.25) is 9.59 Å². The van der Waals surface area contributed by atoms with Gasteiger partial charge in [0.25, 0.3) is 0 Å². The highest BCUT2D eigenvalue weighted by Crippen LogP contribution is 2.65. The van der Waals surface area contributed by atoms with Crippen LogP contribution < -0.4 is 4.74 Å². The van der Waals surface area contributed by atoms with Crippen LogP contribution in [0, 0.1) is 52.3 Å². The fourth-order valence-corrected chi connectivity index (χ4v) is 10.9. The van der Waals surface area contributed by atoms with E-state index in [1.807, 2.05) is 30.3 Å².